The fraction of sp³-hybridized carbons (Fsp3) is 0.333. The van der Waals surface area contributed by atoms with Gasteiger partial charge in [0.1, 0.15) is 0 Å². The molecular weight excluding hydrogens is 426 g/mol. The zero-order valence-electron chi connectivity index (χ0n) is 18.1. The summed E-state index contributed by atoms with van der Waals surface area (Å²) in [5.74, 6) is -0.653. The van der Waals surface area contributed by atoms with Crippen molar-refractivity contribution in [3.8, 4) is 0 Å². The predicted octanol–water partition coefficient (Wildman–Crippen LogP) is 3.56. The van der Waals surface area contributed by atoms with E-state index < -0.39 is 5.97 Å². The molecule has 0 atom stereocenters. The van der Waals surface area contributed by atoms with Gasteiger partial charge >= 0.3 is 5.97 Å². The van der Waals surface area contributed by atoms with Gasteiger partial charge in [0.25, 0.3) is 11.8 Å². The van der Waals surface area contributed by atoms with Gasteiger partial charge in [-0.2, -0.15) is 0 Å². The van der Waals surface area contributed by atoms with Crippen LogP contribution in [0, 0.1) is 0 Å². The van der Waals surface area contributed by atoms with E-state index in [2.05, 4.69) is 4.98 Å². The predicted molar refractivity (Wildman–Crippen MR) is 123 cm³/mol. The SMILES string of the molecule is CC(C)c1cc(C(=O)OCC(=O)N2CCN(C(=O)c3cccs3)CC2)c2ccccc2n1. The van der Waals surface area contributed by atoms with Gasteiger partial charge in [0.05, 0.1) is 16.0 Å². The Labute approximate surface area is 190 Å². The molecule has 2 aromatic heterocycles. The summed E-state index contributed by atoms with van der Waals surface area (Å²) < 4.78 is 5.38. The lowest BCUT2D eigenvalue weighted by atomic mass is 10.0. The number of fused-ring (bicyclic) bond motifs is 1. The first kappa shape index (κ1) is 22.0. The number of amides is 2. The van der Waals surface area contributed by atoms with Crippen LogP contribution in [0.15, 0.2) is 47.8 Å². The third-order valence-corrected chi connectivity index (χ3v) is 6.38. The molecule has 32 heavy (non-hydrogen) atoms. The molecule has 4 rings (SSSR count). The molecule has 2 amide bonds. The number of piperazine rings is 1. The molecule has 3 heterocycles. The highest BCUT2D eigenvalue weighted by molar-refractivity contribution is 7.12. The summed E-state index contributed by atoms with van der Waals surface area (Å²) >= 11 is 1.41. The zero-order chi connectivity index (χ0) is 22.7. The summed E-state index contributed by atoms with van der Waals surface area (Å²) in [5.41, 5.74) is 1.94. The van der Waals surface area contributed by atoms with Crippen molar-refractivity contribution in [1.29, 1.82) is 0 Å². The first-order valence-electron chi connectivity index (χ1n) is 10.6. The van der Waals surface area contributed by atoms with Crippen LogP contribution in [-0.4, -0.2) is 65.4 Å². The minimum atomic E-state index is -0.537. The van der Waals surface area contributed by atoms with Crippen LogP contribution >= 0.6 is 11.3 Å². The molecule has 1 fully saturated rings. The van der Waals surface area contributed by atoms with E-state index in [-0.39, 0.29) is 24.3 Å². The second kappa shape index (κ2) is 9.48. The number of ether oxygens (including phenoxy) is 1. The molecule has 0 aliphatic carbocycles. The standard InChI is InChI=1S/C24H25N3O4S/c1-16(2)20-14-18(17-6-3-4-7-19(17)25-20)24(30)31-15-22(28)26-9-11-27(12-10-26)23(29)21-8-5-13-32-21/h3-8,13-14,16H,9-12,15H2,1-2H3. The van der Waals surface area contributed by atoms with E-state index in [1.54, 1.807) is 21.9 Å². The Morgan fingerprint density at radius 1 is 1.03 bits per heavy atom. The lowest BCUT2D eigenvalue weighted by molar-refractivity contribution is -0.136. The van der Waals surface area contributed by atoms with Gasteiger partial charge in [0.15, 0.2) is 6.61 Å². The van der Waals surface area contributed by atoms with Crippen LogP contribution in [0.25, 0.3) is 10.9 Å². The maximum Gasteiger partial charge on any atom is 0.339 e. The third kappa shape index (κ3) is 4.65. The van der Waals surface area contributed by atoms with Gasteiger partial charge in [0.2, 0.25) is 0 Å². The Morgan fingerprint density at radius 3 is 2.44 bits per heavy atom. The maximum absolute atomic E-state index is 12.8. The fourth-order valence-electron chi connectivity index (χ4n) is 3.67. The van der Waals surface area contributed by atoms with Crippen molar-refractivity contribution >= 4 is 40.0 Å². The van der Waals surface area contributed by atoms with Gasteiger partial charge in [0, 0.05) is 37.3 Å². The Kier molecular flexibility index (Phi) is 6.50. The van der Waals surface area contributed by atoms with Gasteiger partial charge in [-0.1, -0.05) is 38.1 Å². The van der Waals surface area contributed by atoms with E-state index in [9.17, 15) is 14.4 Å². The number of nitrogens with zero attached hydrogens (tertiary/aromatic N) is 3. The molecule has 7 nitrogen and oxygen atoms in total. The summed E-state index contributed by atoms with van der Waals surface area (Å²) in [6, 6.07) is 12.8. The smallest absolute Gasteiger partial charge is 0.339 e. The second-order valence-corrected chi connectivity index (χ2v) is 8.94. The first-order chi connectivity index (χ1) is 15.4. The average Bonchev–Trinajstić information content (AvgIpc) is 3.36. The van der Waals surface area contributed by atoms with Crippen LogP contribution in [0.2, 0.25) is 0 Å². The molecule has 0 N–H and O–H groups in total. The van der Waals surface area contributed by atoms with Crippen molar-refractivity contribution in [2.75, 3.05) is 32.8 Å². The number of pyridine rings is 1. The quantitative estimate of drug-likeness (QED) is 0.554. The molecule has 166 valence electrons. The molecule has 8 heteroatoms. The minimum absolute atomic E-state index is 0.0101. The van der Waals surface area contributed by atoms with E-state index in [1.165, 1.54) is 11.3 Å². The number of carbonyl (C=O) groups excluding carboxylic acids is 3. The number of aromatic nitrogens is 1. The molecule has 0 saturated carbocycles. The Hall–Kier alpha value is -3.26. The van der Waals surface area contributed by atoms with Crippen molar-refractivity contribution in [2.24, 2.45) is 0 Å². The topological polar surface area (TPSA) is 79.8 Å². The third-order valence-electron chi connectivity index (χ3n) is 5.53. The zero-order valence-corrected chi connectivity index (χ0v) is 18.9. The van der Waals surface area contributed by atoms with E-state index in [0.29, 0.717) is 42.0 Å². The minimum Gasteiger partial charge on any atom is -0.452 e. The van der Waals surface area contributed by atoms with E-state index >= 15 is 0 Å². The van der Waals surface area contributed by atoms with Crippen molar-refractivity contribution in [3.63, 3.8) is 0 Å². The van der Waals surface area contributed by atoms with E-state index in [0.717, 1.165) is 11.2 Å². The van der Waals surface area contributed by atoms with Gasteiger partial charge in [-0.25, -0.2) is 4.79 Å². The van der Waals surface area contributed by atoms with Crippen LogP contribution in [0.4, 0.5) is 0 Å². The number of hydrogen-bond acceptors (Lipinski definition) is 6. The van der Waals surface area contributed by atoms with Gasteiger partial charge in [-0.3, -0.25) is 14.6 Å². The Bertz CT molecular complexity index is 1140. The number of rotatable bonds is 5. The van der Waals surface area contributed by atoms with Gasteiger partial charge in [-0.05, 0) is 29.5 Å². The van der Waals surface area contributed by atoms with Crippen LogP contribution < -0.4 is 0 Å². The van der Waals surface area contributed by atoms with Crippen LogP contribution in [-0.2, 0) is 9.53 Å². The van der Waals surface area contributed by atoms with Crippen LogP contribution in [0.1, 0.15) is 45.5 Å². The fourth-order valence-corrected chi connectivity index (χ4v) is 4.36. The Morgan fingerprint density at radius 2 is 1.75 bits per heavy atom. The molecule has 1 saturated heterocycles. The molecule has 0 spiro atoms. The average molecular weight is 452 g/mol. The van der Waals surface area contributed by atoms with Crippen LogP contribution in [0.5, 0.6) is 0 Å². The van der Waals surface area contributed by atoms with Crippen LogP contribution in [0.3, 0.4) is 0 Å². The van der Waals surface area contributed by atoms with Crippen molar-refractivity contribution in [2.45, 2.75) is 19.8 Å². The van der Waals surface area contributed by atoms with Crippen molar-refractivity contribution < 1.29 is 19.1 Å². The number of thiophene rings is 1. The molecule has 3 aromatic rings. The number of hydrogen-bond donors (Lipinski definition) is 0. The summed E-state index contributed by atoms with van der Waals surface area (Å²) in [5, 5.41) is 2.58. The summed E-state index contributed by atoms with van der Waals surface area (Å²) in [6.45, 7) is 5.46. The number of para-hydroxylation sites is 1. The van der Waals surface area contributed by atoms with Crippen molar-refractivity contribution in [3.05, 3.63) is 64.0 Å². The Balaban J connectivity index is 1.37. The highest BCUT2D eigenvalue weighted by Gasteiger charge is 2.26. The van der Waals surface area contributed by atoms with E-state index in [1.807, 2.05) is 49.6 Å². The highest BCUT2D eigenvalue weighted by Crippen LogP contribution is 2.23. The molecule has 0 unspecified atom stereocenters. The normalized spacial score (nSPS) is 14.1. The maximum atomic E-state index is 12.8. The second-order valence-electron chi connectivity index (χ2n) is 7.99. The highest BCUT2D eigenvalue weighted by atomic mass is 32.1. The van der Waals surface area contributed by atoms with E-state index in [4.69, 9.17) is 4.74 Å². The van der Waals surface area contributed by atoms with Gasteiger partial charge in [-0.15, -0.1) is 11.3 Å². The molecule has 0 bridgehead atoms. The van der Waals surface area contributed by atoms with Crippen molar-refractivity contribution in [1.82, 2.24) is 14.8 Å². The lowest BCUT2D eigenvalue weighted by Gasteiger charge is -2.34. The summed E-state index contributed by atoms with van der Waals surface area (Å²) in [4.78, 5) is 46.6. The first-order valence-corrected chi connectivity index (χ1v) is 11.5. The summed E-state index contributed by atoms with van der Waals surface area (Å²) in [6.07, 6.45) is 0. The molecule has 0 radical (unpaired) electrons. The molecule has 1 aromatic carbocycles. The number of carbonyl (C=O) groups is 3. The lowest BCUT2D eigenvalue weighted by Crippen LogP contribution is -2.51. The number of esters is 1. The number of benzene rings is 1. The summed E-state index contributed by atoms with van der Waals surface area (Å²) in [7, 11) is 0. The molecule has 1 aliphatic heterocycles. The largest absolute Gasteiger partial charge is 0.452 e. The molecule has 1 aliphatic rings. The van der Waals surface area contributed by atoms with Gasteiger partial charge < -0.3 is 14.5 Å². The molecular formula is C24H25N3O4S. The monoisotopic (exact) mass is 451 g/mol.